The number of nitrogens with zero attached hydrogens (tertiary/aromatic N) is 2. The van der Waals surface area contributed by atoms with Crippen molar-refractivity contribution < 1.29 is 14.4 Å². The lowest BCUT2D eigenvalue weighted by Gasteiger charge is -2.14. The van der Waals surface area contributed by atoms with Crippen molar-refractivity contribution in [1.82, 2.24) is 0 Å². The van der Waals surface area contributed by atoms with Crippen LogP contribution < -0.4 is 15.2 Å². The lowest BCUT2D eigenvalue weighted by molar-refractivity contribution is -0.385. The molecule has 7 nitrogen and oxygen atoms in total. The number of hydrogen-bond donors (Lipinski definition) is 1. The molecule has 1 atom stereocenters. The Morgan fingerprint density at radius 1 is 1.53 bits per heavy atom. The third-order valence-corrected chi connectivity index (χ3v) is 2.57. The third kappa shape index (κ3) is 3.33. The van der Waals surface area contributed by atoms with Gasteiger partial charge in [0, 0.05) is 12.1 Å². The predicted octanol–water partition coefficient (Wildman–Crippen LogP) is 1.74. The molecule has 102 valence electrons. The number of rotatable bonds is 6. The smallest absolute Gasteiger partial charge is 0.277 e. The summed E-state index contributed by atoms with van der Waals surface area (Å²) in [7, 11) is 1.42. The van der Waals surface area contributed by atoms with Gasteiger partial charge in [-0.2, -0.15) is 5.26 Å². The fourth-order valence-corrected chi connectivity index (χ4v) is 1.53. The first-order chi connectivity index (χ1) is 9.07. The average molecular weight is 265 g/mol. The minimum Gasteiger partial charge on any atom is -0.493 e. The van der Waals surface area contributed by atoms with Crippen molar-refractivity contribution in [1.29, 1.82) is 5.26 Å². The minimum atomic E-state index is -0.683. The van der Waals surface area contributed by atoms with E-state index in [4.69, 9.17) is 20.5 Å². The molecule has 0 saturated carbocycles. The second-order valence-electron chi connectivity index (χ2n) is 3.74. The summed E-state index contributed by atoms with van der Waals surface area (Å²) in [6.07, 6.45) is -0.219. The lowest BCUT2D eigenvalue weighted by Crippen LogP contribution is -2.13. The van der Waals surface area contributed by atoms with Gasteiger partial charge in [-0.25, -0.2) is 0 Å². The quantitative estimate of drug-likeness (QED) is 0.619. The average Bonchev–Trinajstić information content (AvgIpc) is 2.43. The number of nitro benzene ring substituents is 1. The highest BCUT2D eigenvalue weighted by Gasteiger charge is 2.20. The number of nitriles is 1. The molecule has 0 saturated heterocycles. The molecule has 19 heavy (non-hydrogen) atoms. The van der Waals surface area contributed by atoms with Gasteiger partial charge in [0.1, 0.15) is 6.07 Å². The fourth-order valence-electron chi connectivity index (χ4n) is 1.53. The summed E-state index contributed by atoms with van der Waals surface area (Å²) in [5.41, 5.74) is 5.66. The Morgan fingerprint density at radius 2 is 2.21 bits per heavy atom. The second kappa shape index (κ2) is 6.56. The standard InChI is InChI=1S/C12H15N3O4/c1-3-9(7-14)19-12-5-10(15(16)17)8(6-13)4-11(12)18-2/h4-5,9H,3,6,13H2,1-2H3. The highest BCUT2D eigenvalue weighted by molar-refractivity contribution is 5.54. The lowest BCUT2D eigenvalue weighted by atomic mass is 10.1. The van der Waals surface area contributed by atoms with Gasteiger partial charge in [0.05, 0.1) is 18.1 Å². The van der Waals surface area contributed by atoms with Gasteiger partial charge in [-0.3, -0.25) is 10.1 Å². The molecule has 0 amide bonds. The van der Waals surface area contributed by atoms with Gasteiger partial charge in [0.2, 0.25) is 0 Å². The molecule has 0 aromatic heterocycles. The van der Waals surface area contributed by atoms with Crippen LogP contribution in [0.3, 0.4) is 0 Å². The summed E-state index contributed by atoms with van der Waals surface area (Å²) >= 11 is 0. The van der Waals surface area contributed by atoms with Gasteiger partial charge >= 0.3 is 0 Å². The van der Waals surface area contributed by atoms with E-state index in [0.717, 1.165) is 0 Å². The Kier molecular flexibility index (Phi) is 5.09. The Morgan fingerprint density at radius 3 is 2.63 bits per heavy atom. The number of nitrogens with two attached hydrogens (primary N) is 1. The van der Waals surface area contributed by atoms with Gasteiger partial charge in [-0.05, 0) is 12.5 Å². The van der Waals surface area contributed by atoms with Crippen LogP contribution >= 0.6 is 0 Å². The maximum absolute atomic E-state index is 10.9. The van der Waals surface area contributed by atoms with Crippen molar-refractivity contribution in [3.8, 4) is 17.6 Å². The highest BCUT2D eigenvalue weighted by atomic mass is 16.6. The topological polar surface area (TPSA) is 111 Å². The van der Waals surface area contributed by atoms with Crippen molar-refractivity contribution in [3.63, 3.8) is 0 Å². The Bertz CT molecular complexity index is 510. The van der Waals surface area contributed by atoms with Crippen LogP contribution in [0.15, 0.2) is 12.1 Å². The molecular weight excluding hydrogens is 250 g/mol. The van der Waals surface area contributed by atoms with E-state index >= 15 is 0 Å². The van der Waals surface area contributed by atoms with Crippen molar-refractivity contribution >= 4 is 5.69 Å². The molecule has 0 radical (unpaired) electrons. The number of benzene rings is 1. The summed E-state index contributed by atoms with van der Waals surface area (Å²) in [5, 5.41) is 19.8. The van der Waals surface area contributed by atoms with Crippen molar-refractivity contribution in [3.05, 3.63) is 27.8 Å². The fraction of sp³-hybridized carbons (Fsp3) is 0.417. The van der Waals surface area contributed by atoms with Gasteiger partial charge in [0.15, 0.2) is 17.6 Å². The maximum Gasteiger partial charge on any atom is 0.277 e. The Balaban J connectivity index is 3.26. The van der Waals surface area contributed by atoms with Crippen LogP contribution in [0.4, 0.5) is 5.69 Å². The van der Waals surface area contributed by atoms with Crippen LogP contribution in [-0.2, 0) is 6.54 Å². The van der Waals surface area contributed by atoms with Gasteiger partial charge in [-0.15, -0.1) is 0 Å². The van der Waals surface area contributed by atoms with E-state index < -0.39 is 11.0 Å². The molecule has 2 N–H and O–H groups in total. The van der Waals surface area contributed by atoms with Gasteiger partial charge in [-0.1, -0.05) is 6.92 Å². The maximum atomic E-state index is 10.9. The third-order valence-electron chi connectivity index (χ3n) is 2.57. The second-order valence-corrected chi connectivity index (χ2v) is 3.74. The molecule has 1 rings (SSSR count). The van der Waals surface area contributed by atoms with Crippen LogP contribution in [0.25, 0.3) is 0 Å². The van der Waals surface area contributed by atoms with Crippen LogP contribution in [-0.4, -0.2) is 18.1 Å². The summed E-state index contributed by atoms with van der Waals surface area (Å²) in [5.74, 6) is 0.486. The van der Waals surface area contributed by atoms with Crippen LogP contribution in [0.2, 0.25) is 0 Å². The Labute approximate surface area is 110 Å². The van der Waals surface area contributed by atoms with Crippen molar-refractivity contribution in [2.75, 3.05) is 7.11 Å². The summed E-state index contributed by atoms with van der Waals surface area (Å²) in [4.78, 5) is 10.4. The summed E-state index contributed by atoms with van der Waals surface area (Å²) < 4.78 is 10.5. The molecule has 0 aliphatic rings. The number of methoxy groups -OCH3 is 1. The molecule has 1 aromatic carbocycles. The zero-order valence-electron chi connectivity index (χ0n) is 10.8. The first kappa shape index (κ1) is 14.7. The van der Waals surface area contributed by atoms with E-state index in [-0.39, 0.29) is 18.0 Å². The van der Waals surface area contributed by atoms with E-state index in [2.05, 4.69) is 0 Å². The molecule has 1 unspecified atom stereocenters. The first-order valence-electron chi connectivity index (χ1n) is 5.69. The molecular formula is C12H15N3O4. The molecule has 0 fully saturated rings. The molecule has 0 aliphatic heterocycles. The van der Waals surface area contributed by atoms with Crippen LogP contribution in [0.1, 0.15) is 18.9 Å². The molecule has 0 spiro atoms. The molecule has 7 heteroatoms. The SMILES string of the molecule is CCC(C#N)Oc1cc([N+](=O)[O-])c(CN)cc1OC. The van der Waals surface area contributed by atoms with Gasteiger partial charge < -0.3 is 15.2 Å². The zero-order valence-corrected chi connectivity index (χ0v) is 10.8. The van der Waals surface area contributed by atoms with Gasteiger partial charge in [0.25, 0.3) is 5.69 Å². The summed E-state index contributed by atoms with van der Waals surface area (Å²) in [6, 6.07) is 4.65. The summed E-state index contributed by atoms with van der Waals surface area (Å²) in [6.45, 7) is 1.80. The molecule has 0 aliphatic carbocycles. The van der Waals surface area contributed by atoms with E-state index in [1.807, 2.05) is 6.07 Å². The first-order valence-corrected chi connectivity index (χ1v) is 5.69. The normalized spacial score (nSPS) is 11.5. The number of nitro groups is 1. The van der Waals surface area contributed by atoms with Crippen LogP contribution in [0, 0.1) is 21.4 Å². The van der Waals surface area contributed by atoms with Crippen molar-refractivity contribution in [2.24, 2.45) is 5.73 Å². The van der Waals surface area contributed by atoms with E-state index in [0.29, 0.717) is 17.7 Å². The predicted molar refractivity (Wildman–Crippen MR) is 67.9 cm³/mol. The largest absolute Gasteiger partial charge is 0.493 e. The molecule has 1 aromatic rings. The minimum absolute atomic E-state index is 0.0163. The highest BCUT2D eigenvalue weighted by Crippen LogP contribution is 2.35. The van der Waals surface area contributed by atoms with E-state index in [9.17, 15) is 10.1 Å². The van der Waals surface area contributed by atoms with Crippen LogP contribution in [0.5, 0.6) is 11.5 Å². The Hall–Kier alpha value is -2.33. The van der Waals surface area contributed by atoms with E-state index in [1.165, 1.54) is 19.2 Å². The molecule has 0 heterocycles. The van der Waals surface area contributed by atoms with Crippen molar-refractivity contribution in [2.45, 2.75) is 26.0 Å². The number of ether oxygens (including phenoxy) is 2. The molecule has 0 bridgehead atoms. The zero-order chi connectivity index (χ0) is 14.4. The van der Waals surface area contributed by atoms with E-state index in [1.54, 1.807) is 6.92 Å². The monoisotopic (exact) mass is 265 g/mol. The number of hydrogen-bond acceptors (Lipinski definition) is 6.